The third-order valence-corrected chi connectivity index (χ3v) is 4.52. The van der Waals surface area contributed by atoms with E-state index >= 15 is 0 Å². The van der Waals surface area contributed by atoms with Crippen LogP contribution in [0, 0.1) is 5.41 Å². The molecule has 0 aliphatic carbocycles. The van der Waals surface area contributed by atoms with E-state index in [1.165, 1.54) is 0 Å². The Labute approximate surface area is 120 Å². The van der Waals surface area contributed by atoms with Crippen LogP contribution in [0.4, 0.5) is 0 Å². The maximum atomic E-state index is 5.46. The van der Waals surface area contributed by atoms with Crippen molar-refractivity contribution < 1.29 is 9.47 Å². The van der Waals surface area contributed by atoms with E-state index in [-0.39, 0.29) is 5.41 Å². The number of nitrogens with zero attached hydrogens (tertiary/aromatic N) is 4. The van der Waals surface area contributed by atoms with Crippen molar-refractivity contribution in [2.24, 2.45) is 5.41 Å². The highest BCUT2D eigenvalue weighted by Gasteiger charge is 2.37. The summed E-state index contributed by atoms with van der Waals surface area (Å²) in [7, 11) is 0. The van der Waals surface area contributed by atoms with Crippen molar-refractivity contribution in [3.05, 3.63) is 11.9 Å². The summed E-state index contributed by atoms with van der Waals surface area (Å²) in [5.41, 5.74) is 1.32. The zero-order valence-electron chi connectivity index (χ0n) is 12.4. The van der Waals surface area contributed by atoms with Gasteiger partial charge in [0.2, 0.25) is 0 Å². The van der Waals surface area contributed by atoms with Gasteiger partial charge in [-0.2, -0.15) is 0 Å². The number of ether oxygens (including phenoxy) is 2. The standard InChI is InChI=1S/C14H24N4O2/c1-3-14(10-20-11-14)9-18-7-13(15-16-18)6-17-4-5-19-8-12(17)2/h7,12H,3-6,8-11H2,1-2H3/t12-/m1/s1. The molecule has 112 valence electrons. The summed E-state index contributed by atoms with van der Waals surface area (Å²) in [5, 5.41) is 8.59. The summed E-state index contributed by atoms with van der Waals surface area (Å²) in [4.78, 5) is 2.40. The van der Waals surface area contributed by atoms with Crippen LogP contribution in [-0.2, 0) is 22.6 Å². The molecule has 2 aliphatic rings. The smallest absolute Gasteiger partial charge is 0.0967 e. The molecule has 1 aromatic rings. The van der Waals surface area contributed by atoms with Crippen LogP contribution in [-0.4, -0.2) is 58.9 Å². The minimum atomic E-state index is 0.275. The second-order valence-electron chi connectivity index (χ2n) is 6.15. The SMILES string of the molecule is CCC1(Cn2cc(CN3CCOC[C@H]3C)nn2)COC1. The molecule has 0 spiro atoms. The Bertz CT molecular complexity index is 439. The van der Waals surface area contributed by atoms with Crippen LogP contribution in [0.25, 0.3) is 0 Å². The zero-order chi connectivity index (χ0) is 14.0. The normalized spacial score (nSPS) is 26.4. The Morgan fingerprint density at radius 1 is 1.40 bits per heavy atom. The quantitative estimate of drug-likeness (QED) is 0.803. The van der Waals surface area contributed by atoms with Gasteiger partial charge in [0, 0.05) is 30.7 Å². The van der Waals surface area contributed by atoms with Crippen molar-refractivity contribution in [3.63, 3.8) is 0 Å². The van der Waals surface area contributed by atoms with Crippen molar-refractivity contribution in [1.29, 1.82) is 0 Å². The van der Waals surface area contributed by atoms with Gasteiger partial charge in [-0.1, -0.05) is 12.1 Å². The lowest BCUT2D eigenvalue weighted by atomic mass is 9.83. The largest absolute Gasteiger partial charge is 0.380 e. The number of hydrogen-bond acceptors (Lipinski definition) is 5. The zero-order valence-corrected chi connectivity index (χ0v) is 12.4. The highest BCUT2D eigenvalue weighted by molar-refractivity contribution is 4.95. The van der Waals surface area contributed by atoms with Crippen LogP contribution in [0.15, 0.2) is 6.20 Å². The van der Waals surface area contributed by atoms with E-state index in [4.69, 9.17) is 9.47 Å². The van der Waals surface area contributed by atoms with Gasteiger partial charge in [-0.3, -0.25) is 9.58 Å². The average molecular weight is 280 g/mol. The molecule has 1 aromatic heterocycles. The van der Waals surface area contributed by atoms with Crippen molar-refractivity contribution >= 4 is 0 Å². The summed E-state index contributed by atoms with van der Waals surface area (Å²) in [6.45, 7) is 10.5. The lowest BCUT2D eigenvalue weighted by molar-refractivity contribution is -0.125. The molecule has 6 nitrogen and oxygen atoms in total. The first-order chi connectivity index (χ1) is 9.71. The molecule has 2 aliphatic heterocycles. The van der Waals surface area contributed by atoms with E-state index in [0.717, 1.165) is 58.2 Å². The fourth-order valence-electron chi connectivity index (χ4n) is 2.83. The molecular formula is C14H24N4O2. The van der Waals surface area contributed by atoms with Crippen LogP contribution in [0.1, 0.15) is 26.0 Å². The predicted molar refractivity (Wildman–Crippen MR) is 74.3 cm³/mol. The number of aromatic nitrogens is 3. The second kappa shape index (κ2) is 5.79. The minimum Gasteiger partial charge on any atom is -0.380 e. The van der Waals surface area contributed by atoms with Gasteiger partial charge in [0.25, 0.3) is 0 Å². The first-order valence-corrected chi connectivity index (χ1v) is 7.49. The Balaban J connectivity index is 1.59. The Morgan fingerprint density at radius 3 is 2.90 bits per heavy atom. The van der Waals surface area contributed by atoms with Crippen LogP contribution < -0.4 is 0 Å². The summed E-state index contributed by atoms with van der Waals surface area (Å²) in [6, 6.07) is 0.455. The van der Waals surface area contributed by atoms with E-state index in [1.807, 2.05) is 4.68 Å². The van der Waals surface area contributed by atoms with Crippen LogP contribution in [0.2, 0.25) is 0 Å². The third-order valence-electron chi connectivity index (χ3n) is 4.52. The highest BCUT2D eigenvalue weighted by atomic mass is 16.5. The van der Waals surface area contributed by atoms with Gasteiger partial charge in [0.15, 0.2) is 0 Å². The third kappa shape index (κ3) is 2.87. The van der Waals surface area contributed by atoms with E-state index in [1.54, 1.807) is 0 Å². The van der Waals surface area contributed by atoms with Crippen molar-refractivity contribution in [1.82, 2.24) is 19.9 Å². The Hall–Kier alpha value is -0.980. The molecule has 1 atom stereocenters. The molecular weight excluding hydrogens is 256 g/mol. The minimum absolute atomic E-state index is 0.275. The van der Waals surface area contributed by atoms with Gasteiger partial charge in [-0.05, 0) is 13.3 Å². The van der Waals surface area contributed by atoms with Crippen LogP contribution in [0.3, 0.4) is 0 Å². The fourth-order valence-corrected chi connectivity index (χ4v) is 2.83. The molecule has 0 saturated carbocycles. The summed E-state index contributed by atoms with van der Waals surface area (Å²) in [6.07, 6.45) is 3.21. The topological polar surface area (TPSA) is 52.4 Å². The molecule has 6 heteroatoms. The molecule has 0 aromatic carbocycles. The van der Waals surface area contributed by atoms with E-state index < -0.39 is 0 Å². The van der Waals surface area contributed by atoms with E-state index in [0.29, 0.717) is 6.04 Å². The maximum Gasteiger partial charge on any atom is 0.0967 e. The molecule has 0 amide bonds. The summed E-state index contributed by atoms with van der Waals surface area (Å²) < 4.78 is 12.8. The van der Waals surface area contributed by atoms with Gasteiger partial charge in [0.1, 0.15) is 0 Å². The second-order valence-corrected chi connectivity index (χ2v) is 6.15. The first-order valence-electron chi connectivity index (χ1n) is 7.49. The van der Waals surface area contributed by atoms with Gasteiger partial charge in [0.05, 0.1) is 38.7 Å². The average Bonchev–Trinajstić information content (AvgIpc) is 2.84. The van der Waals surface area contributed by atoms with Crippen molar-refractivity contribution in [3.8, 4) is 0 Å². The lowest BCUT2D eigenvalue weighted by Crippen LogP contribution is -2.45. The molecule has 2 saturated heterocycles. The first kappa shape index (κ1) is 14.0. The summed E-state index contributed by atoms with van der Waals surface area (Å²) in [5.74, 6) is 0. The van der Waals surface area contributed by atoms with Gasteiger partial charge in [-0.15, -0.1) is 5.10 Å². The van der Waals surface area contributed by atoms with Crippen molar-refractivity contribution in [2.45, 2.75) is 39.4 Å². The van der Waals surface area contributed by atoms with Gasteiger partial charge in [-0.25, -0.2) is 0 Å². The Kier molecular flexibility index (Phi) is 4.05. The monoisotopic (exact) mass is 280 g/mol. The predicted octanol–water partition coefficient (Wildman–Crippen LogP) is 0.925. The molecule has 0 bridgehead atoms. The molecule has 3 rings (SSSR count). The number of hydrogen-bond donors (Lipinski definition) is 0. The molecule has 0 N–H and O–H groups in total. The summed E-state index contributed by atoms with van der Waals surface area (Å²) >= 11 is 0. The van der Waals surface area contributed by atoms with E-state index in [9.17, 15) is 0 Å². The molecule has 0 unspecified atom stereocenters. The molecule has 0 radical (unpaired) electrons. The van der Waals surface area contributed by atoms with Gasteiger partial charge >= 0.3 is 0 Å². The highest BCUT2D eigenvalue weighted by Crippen LogP contribution is 2.32. The number of morpholine rings is 1. The molecule has 20 heavy (non-hydrogen) atoms. The maximum absolute atomic E-state index is 5.46. The lowest BCUT2D eigenvalue weighted by Gasteiger charge is -2.40. The van der Waals surface area contributed by atoms with Crippen LogP contribution in [0.5, 0.6) is 0 Å². The van der Waals surface area contributed by atoms with Crippen molar-refractivity contribution in [2.75, 3.05) is 33.0 Å². The van der Waals surface area contributed by atoms with E-state index in [2.05, 4.69) is 35.3 Å². The molecule has 2 fully saturated rings. The van der Waals surface area contributed by atoms with Crippen LogP contribution >= 0.6 is 0 Å². The fraction of sp³-hybridized carbons (Fsp3) is 0.857. The Morgan fingerprint density at radius 2 is 2.25 bits per heavy atom. The molecule has 3 heterocycles. The van der Waals surface area contributed by atoms with Gasteiger partial charge < -0.3 is 9.47 Å². The number of rotatable bonds is 5.